The molecular weight excluding hydrogens is 408 g/mol. The summed E-state index contributed by atoms with van der Waals surface area (Å²) in [6.45, 7) is 2.93. The molecule has 154 valence electrons. The van der Waals surface area contributed by atoms with E-state index in [1.54, 1.807) is 36.4 Å². The number of aliphatic imine (C=N–C) groups is 1. The van der Waals surface area contributed by atoms with Crippen molar-refractivity contribution in [1.29, 1.82) is 0 Å². The van der Waals surface area contributed by atoms with Gasteiger partial charge in [0.05, 0.1) is 31.1 Å². The largest absolute Gasteiger partial charge is 0.379 e. The fourth-order valence-electron chi connectivity index (χ4n) is 3.32. The number of Topliss-reactive ketones (excluding diaryl/α,β-unsaturated/α-hetero) is 1. The summed E-state index contributed by atoms with van der Waals surface area (Å²) in [5, 5.41) is 3.09. The first kappa shape index (κ1) is 20.2. The maximum Gasteiger partial charge on any atom is 0.345 e. The fourth-order valence-corrected chi connectivity index (χ4v) is 3.51. The minimum Gasteiger partial charge on any atom is -0.379 e. The second-order valence-electron chi connectivity index (χ2n) is 6.88. The molecule has 9 heteroatoms. The standard InChI is InChI=1S/C21H19ClN4O4/c22-17-4-2-1-3-14(17)12-23-21(29)24-15-5-6-18-16(11-15)19(27)20(28)26(18)13-25-7-9-30-10-8-25/h1-6,11-12H,7-10,13H2,(H,24,29). The number of carbonyl (C=O) groups is 3. The minimum absolute atomic E-state index is 0.265. The van der Waals surface area contributed by atoms with Crippen LogP contribution in [-0.4, -0.2) is 61.8 Å². The van der Waals surface area contributed by atoms with E-state index in [1.807, 2.05) is 0 Å². The third kappa shape index (κ3) is 4.25. The summed E-state index contributed by atoms with van der Waals surface area (Å²) in [5.74, 6) is -1.16. The molecule has 2 aliphatic rings. The number of halogens is 1. The molecule has 3 amide bonds. The molecule has 0 aromatic heterocycles. The molecule has 4 rings (SSSR count). The second kappa shape index (κ2) is 8.74. The summed E-state index contributed by atoms with van der Waals surface area (Å²) in [5.41, 5.74) is 1.79. The number of benzene rings is 2. The maximum atomic E-state index is 12.5. The van der Waals surface area contributed by atoms with Crippen molar-refractivity contribution in [3.8, 4) is 0 Å². The highest BCUT2D eigenvalue weighted by Crippen LogP contribution is 2.31. The predicted octanol–water partition coefficient (Wildman–Crippen LogP) is 2.81. The molecule has 8 nitrogen and oxygen atoms in total. The zero-order chi connectivity index (χ0) is 21.1. The first-order valence-corrected chi connectivity index (χ1v) is 9.80. The van der Waals surface area contributed by atoms with Crippen molar-refractivity contribution in [3.05, 3.63) is 58.6 Å². The van der Waals surface area contributed by atoms with Gasteiger partial charge in [0.25, 0.3) is 5.78 Å². The van der Waals surface area contributed by atoms with Gasteiger partial charge in [0, 0.05) is 35.6 Å². The minimum atomic E-state index is -0.614. The first-order valence-electron chi connectivity index (χ1n) is 9.43. The van der Waals surface area contributed by atoms with Gasteiger partial charge in [0.15, 0.2) is 0 Å². The highest BCUT2D eigenvalue weighted by atomic mass is 35.5. The maximum absolute atomic E-state index is 12.5. The van der Waals surface area contributed by atoms with Crippen LogP contribution in [0.3, 0.4) is 0 Å². The molecule has 0 spiro atoms. The van der Waals surface area contributed by atoms with Gasteiger partial charge >= 0.3 is 11.9 Å². The van der Waals surface area contributed by atoms with Gasteiger partial charge in [-0.3, -0.25) is 19.4 Å². The Bertz CT molecular complexity index is 1030. The third-order valence-corrected chi connectivity index (χ3v) is 5.24. The van der Waals surface area contributed by atoms with Crippen molar-refractivity contribution in [3.63, 3.8) is 0 Å². The SMILES string of the molecule is O=C(N=Cc1ccccc1Cl)Nc1ccc2c(c1)C(=O)C(=O)N2CN1CCOCC1. The molecule has 0 bridgehead atoms. The topological polar surface area (TPSA) is 91.3 Å². The van der Waals surface area contributed by atoms with Gasteiger partial charge in [-0.2, -0.15) is 0 Å². The van der Waals surface area contributed by atoms with Crippen LogP contribution < -0.4 is 10.2 Å². The van der Waals surface area contributed by atoms with E-state index in [0.29, 0.717) is 54.9 Å². The van der Waals surface area contributed by atoms with E-state index < -0.39 is 17.7 Å². The smallest absolute Gasteiger partial charge is 0.345 e. The van der Waals surface area contributed by atoms with Crippen LogP contribution in [0.2, 0.25) is 5.02 Å². The van der Waals surface area contributed by atoms with Gasteiger partial charge < -0.3 is 10.1 Å². The predicted molar refractivity (Wildman–Crippen MR) is 114 cm³/mol. The first-order chi connectivity index (χ1) is 14.5. The number of nitrogens with one attached hydrogen (secondary N) is 1. The van der Waals surface area contributed by atoms with E-state index in [2.05, 4.69) is 15.2 Å². The molecule has 2 aromatic rings. The Labute approximate surface area is 178 Å². The Balaban J connectivity index is 1.47. The Morgan fingerprint density at radius 1 is 1.17 bits per heavy atom. The summed E-state index contributed by atoms with van der Waals surface area (Å²) < 4.78 is 5.32. The van der Waals surface area contributed by atoms with Crippen LogP contribution in [0.5, 0.6) is 0 Å². The van der Waals surface area contributed by atoms with E-state index in [9.17, 15) is 14.4 Å². The lowest BCUT2D eigenvalue weighted by atomic mass is 10.1. The van der Waals surface area contributed by atoms with Crippen LogP contribution in [0.15, 0.2) is 47.5 Å². The zero-order valence-electron chi connectivity index (χ0n) is 16.0. The number of nitrogens with zero attached hydrogens (tertiary/aromatic N) is 3. The Morgan fingerprint density at radius 2 is 1.93 bits per heavy atom. The van der Waals surface area contributed by atoms with E-state index >= 15 is 0 Å². The van der Waals surface area contributed by atoms with Gasteiger partial charge in [0.2, 0.25) is 0 Å². The van der Waals surface area contributed by atoms with Crippen molar-refractivity contribution in [1.82, 2.24) is 4.90 Å². The van der Waals surface area contributed by atoms with Crippen LogP contribution in [0.25, 0.3) is 0 Å². The van der Waals surface area contributed by atoms with E-state index in [-0.39, 0.29) is 5.56 Å². The molecule has 2 heterocycles. The van der Waals surface area contributed by atoms with E-state index in [1.165, 1.54) is 17.2 Å². The number of carbonyl (C=O) groups excluding carboxylic acids is 3. The molecule has 2 aromatic carbocycles. The summed E-state index contributed by atoms with van der Waals surface area (Å²) >= 11 is 6.04. The monoisotopic (exact) mass is 426 g/mol. The van der Waals surface area contributed by atoms with Crippen LogP contribution >= 0.6 is 11.6 Å². The Morgan fingerprint density at radius 3 is 2.70 bits per heavy atom. The van der Waals surface area contributed by atoms with Gasteiger partial charge in [-0.05, 0) is 24.3 Å². The van der Waals surface area contributed by atoms with Gasteiger partial charge in [-0.15, -0.1) is 0 Å². The number of amides is 3. The number of rotatable bonds is 4. The number of fused-ring (bicyclic) bond motifs is 1. The van der Waals surface area contributed by atoms with Crippen LogP contribution in [0.4, 0.5) is 16.2 Å². The number of urea groups is 1. The van der Waals surface area contributed by atoms with Crippen molar-refractivity contribution in [2.45, 2.75) is 0 Å². The molecule has 0 radical (unpaired) electrons. The Kier molecular flexibility index (Phi) is 5.89. The van der Waals surface area contributed by atoms with Crippen molar-refractivity contribution >= 4 is 46.9 Å². The van der Waals surface area contributed by atoms with Gasteiger partial charge in [0.1, 0.15) is 0 Å². The normalized spacial score (nSPS) is 16.9. The summed E-state index contributed by atoms with van der Waals surface area (Å²) in [4.78, 5) is 44.4. The average molecular weight is 427 g/mol. The van der Waals surface area contributed by atoms with Gasteiger partial charge in [-0.25, -0.2) is 9.79 Å². The molecule has 0 unspecified atom stereocenters. The lowest BCUT2D eigenvalue weighted by molar-refractivity contribution is -0.114. The number of ether oxygens (including phenoxy) is 1. The molecule has 0 saturated carbocycles. The Hall–Kier alpha value is -3.07. The van der Waals surface area contributed by atoms with Crippen molar-refractivity contribution in [2.75, 3.05) is 43.2 Å². The van der Waals surface area contributed by atoms with Crippen molar-refractivity contribution in [2.24, 2.45) is 4.99 Å². The molecule has 1 N–H and O–H groups in total. The van der Waals surface area contributed by atoms with E-state index in [0.717, 1.165) is 0 Å². The summed E-state index contributed by atoms with van der Waals surface area (Å²) in [7, 11) is 0. The number of morpholine rings is 1. The molecule has 1 fully saturated rings. The van der Waals surface area contributed by atoms with Crippen LogP contribution in [0.1, 0.15) is 15.9 Å². The third-order valence-electron chi connectivity index (χ3n) is 4.89. The molecular formula is C21H19ClN4O4. The number of ketones is 1. The summed E-state index contributed by atoms with van der Waals surface area (Å²) in [6, 6.07) is 11.2. The molecule has 0 atom stereocenters. The van der Waals surface area contributed by atoms with Gasteiger partial charge in [-0.1, -0.05) is 29.8 Å². The van der Waals surface area contributed by atoms with Crippen molar-refractivity contribution < 1.29 is 19.1 Å². The number of anilines is 2. The van der Waals surface area contributed by atoms with E-state index in [4.69, 9.17) is 16.3 Å². The zero-order valence-corrected chi connectivity index (χ0v) is 16.8. The lowest BCUT2D eigenvalue weighted by Crippen LogP contribution is -2.45. The molecule has 0 aliphatic carbocycles. The quantitative estimate of drug-likeness (QED) is 0.599. The van der Waals surface area contributed by atoms with Crippen LogP contribution in [0, 0.1) is 0 Å². The molecule has 2 aliphatic heterocycles. The highest BCUT2D eigenvalue weighted by Gasteiger charge is 2.37. The summed E-state index contributed by atoms with van der Waals surface area (Å²) in [6.07, 6.45) is 1.36. The second-order valence-corrected chi connectivity index (χ2v) is 7.28. The average Bonchev–Trinajstić information content (AvgIpc) is 2.98. The fraction of sp³-hybridized carbons (Fsp3) is 0.238. The highest BCUT2D eigenvalue weighted by molar-refractivity contribution is 6.52. The number of hydrogen-bond acceptors (Lipinski definition) is 5. The molecule has 30 heavy (non-hydrogen) atoms. The molecule has 1 saturated heterocycles. The van der Waals surface area contributed by atoms with Crippen LogP contribution in [-0.2, 0) is 9.53 Å². The number of hydrogen-bond donors (Lipinski definition) is 1. The lowest BCUT2D eigenvalue weighted by Gasteiger charge is -2.30.